The third-order valence-electron chi connectivity index (χ3n) is 7.96. The van der Waals surface area contributed by atoms with Gasteiger partial charge in [-0.05, 0) is 43.7 Å². The molecule has 0 bridgehead atoms. The van der Waals surface area contributed by atoms with E-state index in [0.717, 1.165) is 5.56 Å². The van der Waals surface area contributed by atoms with Crippen molar-refractivity contribution in [2.24, 2.45) is 10.9 Å². The molecular formula is C33H37N3O7S. The first-order valence-electron chi connectivity index (χ1n) is 14.7. The van der Waals surface area contributed by atoms with Crippen LogP contribution in [0.15, 0.2) is 75.9 Å². The zero-order chi connectivity index (χ0) is 31.2. The van der Waals surface area contributed by atoms with Gasteiger partial charge >= 0.3 is 11.9 Å². The van der Waals surface area contributed by atoms with Gasteiger partial charge in [0.25, 0.3) is 0 Å². The van der Waals surface area contributed by atoms with Crippen LogP contribution >= 0.6 is 11.8 Å². The molecule has 1 amide bonds. The number of methoxy groups -OCH3 is 2. The lowest BCUT2D eigenvalue weighted by molar-refractivity contribution is -0.151. The number of benzene rings is 2. The van der Waals surface area contributed by atoms with Crippen LogP contribution in [0.1, 0.15) is 50.3 Å². The van der Waals surface area contributed by atoms with Crippen molar-refractivity contribution in [3.8, 4) is 11.5 Å². The van der Waals surface area contributed by atoms with Crippen molar-refractivity contribution in [1.82, 2.24) is 9.80 Å². The molecule has 2 aromatic rings. The fourth-order valence-corrected chi connectivity index (χ4v) is 6.71. The summed E-state index contributed by atoms with van der Waals surface area (Å²) in [5, 5.41) is 2.56. The summed E-state index contributed by atoms with van der Waals surface area (Å²) in [4.78, 5) is 48.1. The van der Waals surface area contributed by atoms with Gasteiger partial charge in [-0.3, -0.25) is 9.59 Å². The number of rotatable bonds is 10. The number of piperidine rings is 1. The second-order valence-corrected chi connectivity index (χ2v) is 11.5. The minimum atomic E-state index is -0.681. The molecule has 3 aliphatic rings. The number of amides is 1. The maximum atomic E-state index is 13.8. The van der Waals surface area contributed by atoms with Crippen molar-refractivity contribution in [3.05, 3.63) is 82.0 Å². The van der Waals surface area contributed by atoms with Gasteiger partial charge in [-0.1, -0.05) is 54.2 Å². The van der Waals surface area contributed by atoms with Gasteiger partial charge in [0.2, 0.25) is 5.91 Å². The quantitative estimate of drug-likeness (QED) is 0.331. The molecule has 11 heteroatoms. The van der Waals surface area contributed by atoms with E-state index in [-0.39, 0.29) is 30.8 Å². The van der Waals surface area contributed by atoms with Crippen LogP contribution in [-0.4, -0.2) is 66.7 Å². The lowest BCUT2D eigenvalue weighted by Crippen LogP contribution is -2.42. The summed E-state index contributed by atoms with van der Waals surface area (Å²) in [6, 6.07) is 14.3. The molecular weight excluding hydrogens is 582 g/mol. The van der Waals surface area contributed by atoms with Crippen LogP contribution in [0.4, 0.5) is 0 Å². The third-order valence-corrected chi connectivity index (χ3v) is 8.85. The molecule has 0 N–H and O–H groups in total. The maximum absolute atomic E-state index is 13.8. The number of ether oxygens (including phenoxy) is 4. The summed E-state index contributed by atoms with van der Waals surface area (Å²) in [5.41, 5.74) is 3.14. The number of allylic oxidation sites excluding steroid dienone is 1. The monoisotopic (exact) mass is 619 g/mol. The number of para-hydroxylation sites is 1. The predicted octanol–water partition coefficient (Wildman–Crippen LogP) is 5.21. The molecule has 1 fully saturated rings. The number of aliphatic imine (C=N–C) groups is 1. The van der Waals surface area contributed by atoms with Crippen LogP contribution in [0.25, 0.3) is 0 Å². The Morgan fingerprint density at radius 2 is 1.73 bits per heavy atom. The van der Waals surface area contributed by atoms with Crippen LogP contribution in [-0.2, 0) is 30.5 Å². The summed E-state index contributed by atoms with van der Waals surface area (Å²) >= 11 is 1.41. The average Bonchev–Trinajstić information content (AvgIpc) is 3.44. The van der Waals surface area contributed by atoms with E-state index in [1.807, 2.05) is 52.8 Å². The Morgan fingerprint density at radius 1 is 0.977 bits per heavy atom. The Balaban J connectivity index is 1.43. The Kier molecular flexibility index (Phi) is 9.94. The number of fused-ring (bicyclic) bond motifs is 1. The molecule has 0 aromatic heterocycles. The van der Waals surface area contributed by atoms with Crippen molar-refractivity contribution in [3.63, 3.8) is 0 Å². The van der Waals surface area contributed by atoms with E-state index in [1.54, 1.807) is 39.0 Å². The highest BCUT2D eigenvalue weighted by atomic mass is 32.2. The summed E-state index contributed by atoms with van der Waals surface area (Å²) in [7, 11) is 3.12. The molecule has 5 rings (SSSR count). The molecule has 44 heavy (non-hydrogen) atoms. The Labute approximate surface area is 261 Å². The summed E-state index contributed by atoms with van der Waals surface area (Å²) < 4.78 is 22.4. The fourth-order valence-electron chi connectivity index (χ4n) is 5.74. The van der Waals surface area contributed by atoms with E-state index in [0.29, 0.717) is 71.7 Å². The maximum Gasteiger partial charge on any atom is 0.338 e. The van der Waals surface area contributed by atoms with Crippen LogP contribution < -0.4 is 9.47 Å². The summed E-state index contributed by atoms with van der Waals surface area (Å²) in [6.45, 7) is 4.99. The van der Waals surface area contributed by atoms with E-state index in [1.165, 1.54) is 11.8 Å². The molecule has 2 aromatic carbocycles. The average molecular weight is 620 g/mol. The first-order valence-corrected chi connectivity index (χ1v) is 15.5. The van der Waals surface area contributed by atoms with E-state index in [4.69, 9.17) is 23.9 Å². The number of esters is 2. The van der Waals surface area contributed by atoms with Gasteiger partial charge in [-0.25, -0.2) is 9.79 Å². The van der Waals surface area contributed by atoms with Gasteiger partial charge in [0, 0.05) is 24.4 Å². The molecule has 232 valence electrons. The number of hydrogen-bond acceptors (Lipinski definition) is 10. The first kappa shape index (κ1) is 31.2. The van der Waals surface area contributed by atoms with Crippen molar-refractivity contribution >= 4 is 34.8 Å². The Hall–Kier alpha value is -4.25. The molecule has 3 aliphatic heterocycles. The van der Waals surface area contributed by atoms with Crippen LogP contribution in [0.2, 0.25) is 0 Å². The summed E-state index contributed by atoms with van der Waals surface area (Å²) in [5.74, 6) is 0.0349. The molecule has 0 spiro atoms. The summed E-state index contributed by atoms with van der Waals surface area (Å²) in [6.07, 6.45) is 1.24. The number of likely N-dealkylation sites (tertiary alicyclic amines) is 1. The van der Waals surface area contributed by atoms with Crippen molar-refractivity contribution in [2.45, 2.75) is 45.8 Å². The van der Waals surface area contributed by atoms with Gasteiger partial charge in [-0.2, -0.15) is 0 Å². The van der Waals surface area contributed by atoms with E-state index < -0.39 is 12.0 Å². The highest BCUT2D eigenvalue weighted by Crippen LogP contribution is 2.49. The normalized spacial score (nSPS) is 18.3. The van der Waals surface area contributed by atoms with Gasteiger partial charge in [-0.15, -0.1) is 0 Å². The van der Waals surface area contributed by atoms with E-state index in [9.17, 15) is 14.4 Å². The minimum Gasteiger partial charge on any atom is -0.493 e. The SMILES string of the molecule is CCOC(=O)C1CCN(C(=O)CC2=CSC3=NC(C)=C(C(=O)OCc4ccccc4)C(c4cccc(OC)c4OC)N23)CC1. The van der Waals surface area contributed by atoms with Crippen LogP contribution in [0.3, 0.4) is 0 Å². The molecule has 0 aliphatic carbocycles. The van der Waals surface area contributed by atoms with Gasteiger partial charge in [0.05, 0.1) is 50.5 Å². The Bertz CT molecular complexity index is 1500. The number of thioether (sulfide) groups is 1. The zero-order valence-corrected chi connectivity index (χ0v) is 26.2. The molecule has 10 nitrogen and oxygen atoms in total. The van der Waals surface area contributed by atoms with Gasteiger partial charge in [0.15, 0.2) is 16.7 Å². The lowest BCUT2D eigenvalue weighted by Gasteiger charge is -2.37. The molecule has 1 saturated heterocycles. The molecule has 0 radical (unpaired) electrons. The van der Waals surface area contributed by atoms with Crippen LogP contribution in [0.5, 0.6) is 11.5 Å². The second-order valence-electron chi connectivity index (χ2n) is 10.6. The number of carbonyl (C=O) groups is 3. The third kappa shape index (κ3) is 6.47. The smallest absolute Gasteiger partial charge is 0.338 e. The van der Waals surface area contributed by atoms with Gasteiger partial charge in [0.1, 0.15) is 6.61 Å². The lowest BCUT2D eigenvalue weighted by atomic mass is 9.92. The van der Waals surface area contributed by atoms with Crippen molar-refractivity contribution < 1.29 is 33.3 Å². The van der Waals surface area contributed by atoms with E-state index >= 15 is 0 Å². The molecule has 1 atom stereocenters. The molecule has 0 saturated carbocycles. The number of nitrogens with zero attached hydrogens (tertiary/aromatic N) is 3. The second kappa shape index (κ2) is 14.0. The minimum absolute atomic E-state index is 0.0590. The fraction of sp³-hybridized carbons (Fsp3) is 0.394. The zero-order valence-electron chi connectivity index (χ0n) is 25.4. The van der Waals surface area contributed by atoms with Gasteiger partial charge < -0.3 is 28.7 Å². The Morgan fingerprint density at radius 3 is 2.41 bits per heavy atom. The number of hydrogen-bond donors (Lipinski definition) is 0. The highest BCUT2D eigenvalue weighted by molar-refractivity contribution is 8.16. The number of amidine groups is 1. The predicted molar refractivity (Wildman–Crippen MR) is 167 cm³/mol. The van der Waals surface area contributed by atoms with E-state index in [2.05, 4.69) is 0 Å². The largest absolute Gasteiger partial charge is 0.493 e. The highest BCUT2D eigenvalue weighted by Gasteiger charge is 2.43. The topological polar surface area (TPSA) is 107 Å². The van der Waals surface area contributed by atoms with Crippen molar-refractivity contribution in [2.75, 3.05) is 33.9 Å². The molecule has 1 unspecified atom stereocenters. The molecule has 3 heterocycles. The number of carbonyl (C=O) groups excluding carboxylic acids is 3. The van der Waals surface area contributed by atoms with Crippen LogP contribution in [0, 0.1) is 5.92 Å². The first-order chi connectivity index (χ1) is 21.4. The van der Waals surface area contributed by atoms with Crippen molar-refractivity contribution in [1.29, 1.82) is 0 Å². The standard InChI is InChI=1S/C33H37N3O7S/c1-5-42-31(38)23-14-16-35(17-15-23)27(37)18-24-20-44-33-34-21(2)28(32(39)43-19-22-10-7-6-8-11-22)29(36(24)33)25-12-9-13-26(40-3)30(25)41-4/h6-13,20,23,29H,5,14-19H2,1-4H3.